The van der Waals surface area contributed by atoms with Crippen molar-refractivity contribution < 1.29 is 9.00 Å². The van der Waals surface area contributed by atoms with Gasteiger partial charge in [0.05, 0.1) is 10.7 Å². The molecule has 17 heavy (non-hydrogen) atoms. The summed E-state index contributed by atoms with van der Waals surface area (Å²) in [4.78, 5) is 13.8. The minimum atomic E-state index is -0.782. The van der Waals surface area contributed by atoms with Crippen LogP contribution in [0.2, 0.25) is 5.02 Å². The SMILES string of the molecule is Nc1cc(C(=O)N2CCS(=O)CC2)ccc1Cl. The normalized spacial score (nSPS) is 17.1. The van der Waals surface area contributed by atoms with Crippen LogP contribution in [0.4, 0.5) is 5.69 Å². The van der Waals surface area contributed by atoms with E-state index in [2.05, 4.69) is 0 Å². The number of benzene rings is 1. The van der Waals surface area contributed by atoms with E-state index in [4.69, 9.17) is 17.3 Å². The lowest BCUT2D eigenvalue weighted by atomic mass is 10.1. The second-order valence-corrected chi connectivity index (χ2v) is 5.98. The second kappa shape index (κ2) is 5.06. The van der Waals surface area contributed by atoms with Crippen LogP contribution in [0.3, 0.4) is 0 Å². The predicted octanol–water partition coefficient (Wildman–Crippen LogP) is 1.13. The van der Waals surface area contributed by atoms with E-state index in [1.54, 1.807) is 23.1 Å². The van der Waals surface area contributed by atoms with Crippen LogP contribution in [-0.2, 0) is 10.8 Å². The van der Waals surface area contributed by atoms with Crippen molar-refractivity contribution in [1.82, 2.24) is 4.90 Å². The first-order chi connectivity index (χ1) is 8.08. The Morgan fingerprint density at radius 2 is 2.00 bits per heavy atom. The number of nitrogens with zero attached hydrogens (tertiary/aromatic N) is 1. The molecule has 1 aromatic carbocycles. The summed E-state index contributed by atoms with van der Waals surface area (Å²) in [5.41, 5.74) is 6.59. The molecule has 0 atom stereocenters. The van der Waals surface area contributed by atoms with Crippen molar-refractivity contribution >= 4 is 34.0 Å². The van der Waals surface area contributed by atoms with Crippen molar-refractivity contribution in [3.8, 4) is 0 Å². The Labute approximate surface area is 107 Å². The highest BCUT2D eigenvalue weighted by atomic mass is 35.5. The molecule has 1 fully saturated rings. The Balaban J connectivity index is 2.14. The van der Waals surface area contributed by atoms with Gasteiger partial charge in [0.1, 0.15) is 0 Å². The van der Waals surface area contributed by atoms with E-state index < -0.39 is 10.8 Å². The largest absolute Gasteiger partial charge is 0.398 e. The highest BCUT2D eigenvalue weighted by Crippen LogP contribution is 2.20. The van der Waals surface area contributed by atoms with Gasteiger partial charge < -0.3 is 10.6 Å². The first-order valence-electron chi connectivity index (χ1n) is 5.27. The Kier molecular flexibility index (Phi) is 3.69. The lowest BCUT2D eigenvalue weighted by Gasteiger charge is -2.26. The fraction of sp³-hybridized carbons (Fsp3) is 0.364. The number of nitrogens with two attached hydrogens (primary N) is 1. The quantitative estimate of drug-likeness (QED) is 0.780. The molecule has 1 saturated heterocycles. The van der Waals surface area contributed by atoms with E-state index in [1.165, 1.54) is 0 Å². The van der Waals surface area contributed by atoms with Gasteiger partial charge >= 0.3 is 0 Å². The topological polar surface area (TPSA) is 63.4 Å². The number of carbonyl (C=O) groups excluding carboxylic acids is 1. The average molecular weight is 273 g/mol. The van der Waals surface area contributed by atoms with E-state index in [0.29, 0.717) is 40.9 Å². The van der Waals surface area contributed by atoms with Gasteiger partial charge in [-0.15, -0.1) is 0 Å². The molecule has 0 aromatic heterocycles. The van der Waals surface area contributed by atoms with Crippen molar-refractivity contribution in [3.63, 3.8) is 0 Å². The van der Waals surface area contributed by atoms with E-state index in [0.717, 1.165) is 0 Å². The van der Waals surface area contributed by atoms with Gasteiger partial charge in [-0.2, -0.15) is 0 Å². The maximum Gasteiger partial charge on any atom is 0.253 e. The zero-order valence-electron chi connectivity index (χ0n) is 9.19. The molecule has 0 unspecified atom stereocenters. The summed E-state index contributed by atoms with van der Waals surface area (Å²) in [6.45, 7) is 1.07. The van der Waals surface area contributed by atoms with E-state index >= 15 is 0 Å². The summed E-state index contributed by atoms with van der Waals surface area (Å²) in [6, 6.07) is 4.86. The van der Waals surface area contributed by atoms with Crippen LogP contribution < -0.4 is 5.73 Å². The van der Waals surface area contributed by atoms with Crippen LogP contribution in [0.5, 0.6) is 0 Å². The van der Waals surface area contributed by atoms with Crippen molar-refractivity contribution in [2.75, 3.05) is 30.3 Å². The zero-order chi connectivity index (χ0) is 12.4. The molecule has 4 nitrogen and oxygen atoms in total. The number of halogens is 1. The number of rotatable bonds is 1. The monoisotopic (exact) mass is 272 g/mol. The Morgan fingerprint density at radius 3 is 2.59 bits per heavy atom. The van der Waals surface area contributed by atoms with Gasteiger partial charge in [-0.05, 0) is 18.2 Å². The minimum Gasteiger partial charge on any atom is -0.398 e. The van der Waals surface area contributed by atoms with Gasteiger partial charge in [-0.1, -0.05) is 11.6 Å². The van der Waals surface area contributed by atoms with E-state index in [9.17, 15) is 9.00 Å². The molecule has 2 N–H and O–H groups in total. The number of nitrogen functional groups attached to an aromatic ring is 1. The van der Waals surface area contributed by atoms with Crippen LogP contribution in [0, 0.1) is 0 Å². The molecule has 0 spiro atoms. The van der Waals surface area contributed by atoms with E-state index in [1.807, 2.05) is 0 Å². The summed E-state index contributed by atoms with van der Waals surface area (Å²) in [5.74, 6) is 1.02. The molecule has 92 valence electrons. The average Bonchev–Trinajstić information content (AvgIpc) is 2.33. The maximum atomic E-state index is 12.1. The summed E-state index contributed by atoms with van der Waals surface area (Å²) < 4.78 is 11.2. The Hall–Kier alpha value is -1.07. The maximum absolute atomic E-state index is 12.1. The number of amides is 1. The lowest BCUT2D eigenvalue weighted by molar-refractivity contribution is 0.0771. The molecular formula is C11H13ClN2O2S. The van der Waals surface area contributed by atoms with Gasteiger partial charge in [0.2, 0.25) is 0 Å². The first kappa shape index (κ1) is 12.4. The Bertz CT molecular complexity index is 469. The molecule has 0 bridgehead atoms. The molecule has 0 aliphatic carbocycles. The van der Waals surface area contributed by atoms with Crippen molar-refractivity contribution in [3.05, 3.63) is 28.8 Å². The standard InChI is InChI=1S/C11H13ClN2O2S/c12-9-2-1-8(7-10(9)13)11(15)14-3-5-17(16)6-4-14/h1-2,7H,3-6,13H2. The van der Waals surface area contributed by atoms with Gasteiger partial charge in [-0.3, -0.25) is 9.00 Å². The molecule has 1 heterocycles. The van der Waals surface area contributed by atoms with Crippen molar-refractivity contribution in [2.24, 2.45) is 0 Å². The summed E-state index contributed by atoms with van der Waals surface area (Å²) in [7, 11) is -0.782. The zero-order valence-corrected chi connectivity index (χ0v) is 10.8. The van der Waals surface area contributed by atoms with Gasteiger partial charge in [0.15, 0.2) is 0 Å². The molecule has 2 rings (SSSR count). The molecule has 6 heteroatoms. The van der Waals surface area contributed by atoms with E-state index in [-0.39, 0.29) is 5.91 Å². The fourth-order valence-corrected chi connectivity index (χ4v) is 2.87. The van der Waals surface area contributed by atoms with Crippen LogP contribution >= 0.6 is 11.6 Å². The summed E-state index contributed by atoms with van der Waals surface area (Å²) in [6.07, 6.45) is 0. The number of anilines is 1. The number of hydrogen-bond donors (Lipinski definition) is 1. The molecule has 0 radical (unpaired) electrons. The Morgan fingerprint density at radius 1 is 1.35 bits per heavy atom. The van der Waals surface area contributed by atoms with Crippen LogP contribution in [-0.4, -0.2) is 39.6 Å². The second-order valence-electron chi connectivity index (χ2n) is 3.88. The molecule has 1 aliphatic rings. The molecule has 1 aromatic rings. The van der Waals surface area contributed by atoms with Crippen molar-refractivity contribution in [1.29, 1.82) is 0 Å². The van der Waals surface area contributed by atoms with Crippen LogP contribution in [0.15, 0.2) is 18.2 Å². The van der Waals surface area contributed by atoms with Crippen LogP contribution in [0.25, 0.3) is 0 Å². The van der Waals surface area contributed by atoms with Crippen molar-refractivity contribution in [2.45, 2.75) is 0 Å². The molecular weight excluding hydrogens is 260 g/mol. The number of hydrogen-bond acceptors (Lipinski definition) is 3. The molecule has 1 aliphatic heterocycles. The number of carbonyl (C=O) groups is 1. The highest BCUT2D eigenvalue weighted by molar-refractivity contribution is 7.85. The third kappa shape index (κ3) is 2.79. The summed E-state index contributed by atoms with van der Waals surface area (Å²) >= 11 is 5.80. The minimum absolute atomic E-state index is 0.0786. The smallest absolute Gasteiger partial charge is 0.253 e. The third-order valence-electron chi connectivity index (χ3n) is 2.71. The highest BCUT2D eigenvalue weighted by Gasteiger charge is 2.21. The van der Waals surface area contributed by atoms with Gasteiger partial charge in [0.25, 0.3) is 5.91 Å². The summed E-state index contributed by atoms with van der Waals surface area (Å²) in [5, 5.41) is 0.446. The fourth-order valence-electron chi connectivity index (χ4n) is 1.70. The van der Waals surface area contributed by atoms with Crippen LogP contribution in [0.1, 0.15) is 10.4 Å². The molecule has 1 amide bonds. The predicted molar refractivity (Wildman–Crippen MR) is 69.6 cm³/mol. The van der Waals surface area contributed by atoms with Gasteiger partial charge in [0, 0.05) is 41.0 Å². The van der Waals surface area contributed by atoms with Gasteiger partial charge in [-0.25, -0.2) is 0 Å². The molecule has 0 saturated carbocycles. The first-order valence-corrected chi connectivity index (χ1v) is 7.14. The third-order valence-corrected chi connectivity index (χ3v) is 4.33. The lowest BCUT2D eigenvalue weighted by Crippen LogP contribution is -2.41.